The standard InChI is InChI=1S/C8H12O/c9-8-5-4-7(8)6-2-1-3-6/h6-7H,1-5H2/t7-/m1/s1. The SMILES string of the molecule is O=C1CC[C@@H]1C1CCC1. The quantitative estimate of drug-likeness (QED) is 0.520. The van der Waals surface area contributed by atoms with E-state index < -0.39 is 0 Å². The highest BCUT2D eigenvalue weighted by Crippen LogP contribution is 2.41. The van der Waals surface area contributed by atoms with Gasteiger partial charge in [-0.3, -0.25) is 4.79 Å². The molecule has 2 aliphatic rings. The highest BCUT2D eigenvalue weighted by atomic mass is 16.1. The van der Waals surface area contributed by atoms with Crippen molar-refractivity contribution < 1.29 is 4.79 Å². The number of Topliss-reactive ketones (excluding diaryl/α,β-unsaturated/α-hetero) is 1. The molecule has 2 aliphatic carbocycles. The third kappa shape index (κ3) is 0.707. The monoisotopic (exact) mass is 124 g/mol. The van der Waals surface area contributed by atoms with E-state index in [1.807, 2.05) is 0 Å². The number of hydrogen-bond donors (Lipinski definition) is 0. The van der Waals surface area contributed by atoms with E-state index >= 15 is 0 Å². The molecule has 0 radical (unpaired) electrons. The fraction of sp³-hybridized carbons (Fsp3) is 0.875. The van der Waals surface area contributed by atoms with Gasteiger partial charge in [0.05, 0.1) is 0 Å². The zero-order chi connectivity index (χ0) is 6.27. The Balaban J connectivity index is 1.90. The molecular weight excluding hydrogens is 112 g/mol. The van der Waals surface area contributed by atoms with Gasteiger partial charge in [-0.05, 0) is 25.2 Å². The van der Waals surface area contributed by atoms with Crippen LogP contribution in [0.4, 0.5) is 0 Å². The Morgan fingerprint density at radius 1 is 1.22 bits per heavy atom. The average molecular weight is 124 g/mol. The molecule has 2 fully saturated rings. The predicted molar refractivity (Wildman–Crippen MR) is 35.1 cm³/mol. The number of ketones is 1. The molecular formula is C8H12O. The number of hydrogen-bond acceptors (Lipinski definition) is 1. The molecule has 50 valence electrons. The summed E-state index contributed by atoms with van der Waals surface area (Å²) in [6.45, 7) is 0. The third-order valence-corrected chi connectivity index (χ3v) is 2.83. The Labute approximate surface area is 55.4 Å². The van der Waals surface area contributed by atoms with Crippen molar-refractivity contribution in [2.75, 3.05) is 0 Å². The lowest BCUT2D eigenvalue weighted by Gasteiger charge is -2.37. The number of carbonyl (C=O) groups excluding carboxylic acids is 1. The van der Waals surface area contributed by atoms with Crippen LogP contribution in [0.2, 0.25) is 0 Å². The van der Waals surface area contributed by atoms with Gasteiger partial charge in [-0.25, -0.2) is 0 Å². The highest BCUT2D eigenvalue weighted by Gasteiger charge is 2.37. The van der Waals surface area contributed by atoms with Gasteiger partial charge >= 0.3 is 0 Å². The molecule has 0 N–H and O–H groups in total. The van der Waals surface area contributed by atoms with Crippen molar-refractivity contribution in [2.45, 2.75) is 32.1 Å². The second-order valence-corrected chi connectivity index (χ2v) is 3.30. The first-order chi connectivity index (χ1) is 4.38. The molecule has 9 heavy (non-hydrogen) atoms. The third-order valence-electron chi connectivity index (χ3n) is 2.83. The van der Waals surface area contributed by atoms with Crippen LogP contribution < -0.4 is 0 Å². The molecule has 1 heteroatoms. The summed E-state index contributed by atoms with van der Waals surface area (Å²) >= 11 is 0. The summed E-state index contributed by atoms with van der Waals surface area (Å²) in [5, 5.41) is 0. The van der Waals surface area contributed by atoms with E-state index in [1.165, 1.54) is 25.7 Å². The molecule has 0 aliphatic heterocycles. The van der Waals surface area contributed by atoms with Gasteiger partial charge in [-0.15, -0.1) is 0 Å². The van der Waals surface area contributed by atoms with Crippen LogP contribution in [-0.2, 0) is 4.79 Å². The lowest BCUT2D eigenvalue weighted by molar-refractivity contribution is -0.133. The van der Waals surface area contributed by atoms with E-state index in [0.29, 0.717) is 11.7 Å². The summed E-state index contributed by atoms with van der Waals surface area (Å²) < 4.78 is 0. The van der Waals surface area contributed by atoms with E-state index in [4.69, 9.17) is 0 Å². The lowest BCUT2D eigenvalue weighted by atomic mass is 9.66. The van der Waals surface area contributed by atoms with Crippen LogP contribution in [0.3, 0.4) is 0 Å². The largest absolute Gasteiger partial charge is 0.299 e. The van der Waals surface area contributed by atoms with Gasteiger partial charge in [-0.2, -0.15) is 0 Å². The summed E-state index contributed by atoms with van der Waals surface area (Å²) in [6.07, 6.45) is 6.10. The van der Waals surface area contributed by atoms with Gasteiger partial charge in [0.15, 0.2) is 0 Å². The fourth-order valence-corrected chi connectivity index (χ4v) is 1.77. The maximum absolute atomic E-state index is 10.9. The van der Waals surface area contributed by atoms with Crippen LogP contribution in [0.15, 0.2) is 0 Å². The summed E-state index contributed by atoms with van der Waals surface area (Å²) in [5.41, 5.74) is 0. The molecule has 0 spiro atoms. The first kappa shape index (κ1) is 5.45. The molecule has 0 amide bonds. The van der Waals surface area contributed by atoms with E-state index in [-0.39, 0.29) is 0 Å². The van der Waals surface area contributed by atoms with Crippen LogP contribution in [-0.4, -0.2) is 5.78 Å². The van der Waals surface area contributed by atoms with Crippen LogP contribution >= 0.6 is 0 Å². The first-order valence-electron chi connectivity index (χ1n) is 3.90. The summed E-state index contributed by atoms with van der Waals surface area (Å²) in [5.74, 6) is 1.87. The zero-order valence-electron chi connectivity index (χ0n) is 5.60. The van der Waals surface area contributed by atoms with Crippen molar-refractivity contribution >= 4 is 5.78 Å². The van der Waals surface area contributed by atoms with E-state index in [0.717, 1.165) is 12.3 Å². The molecule has 2 rings (SSSR count). The van der Waals surface area contributed by atoms with Crippen molar-refractivity contribution in [2.24, 2.45) is 11.8 Å². The van der Waals surface area contributed by atoms with Crippen LogP contribution in [0.25, 0.3) is 0 Å². The van der Waals surface area contributed by atoms with Crippen molar-refractivity contribution in [3.05, 3.63) is 0 Å². The Kier molecular flexibility index (Phi) is 1.11. The first-order valence-corrected chi connectivity index (χ1v) is 3.90. The van der Waals surface area contributed by atoms with Gasteiger partial charge in [0.1, 0.15) is 5.78 Å². The topological polar surface area (TPSA) is 17.1 Å². The molecule has 0 aromatic heterocycles. The Hall–Kier alpha value is -0.330. The van der Waals surface area contributed by atoms with E-state index in [9.17, 15) is 4.79 Å². The van der Waals surface area contributed by atoms with Crippen molar-refractivity contribution in [3.63, 3.8) is 0 Å². The van der Waals surface area contributed by atoms with Crippen LogP contribution in [0.1, 0.15) is 32.1 Å². The van der Waals surface area contributed by atoms with Gasteiger partial charge in [0.25, 0.3) is 0 Å². The van der Waals surface area contributed by atoms with Gasteiger partial charge < -0.3 is 0 Å². The minimum Gasteiger partial charge on any atom is -0.299 e. The van der Waals surface area contributed by atoms with Gasteiger partial charge in [0.2, 0.25) is 0 Å². The molecule has 0 bridgehead atoms. The summed E-state index contributed by atoms with van der Waals surface area (Å²) in [6, 6.07) is 0. The highest BCUT2D eigenvalue weighted by molar-refractivity contribution is 5.86. The summed E-state index contributed by atoms with van der Waals surface area (Å²) in [7, 11) is 0. The minimum atomic E-state index is 0.513. The Morgan fingerprint density at radius 3 is 2.11 bits per heavy atom. The Morgan fingerprint density at radius 2 is 2.00 bits per heavy atom. The van der Waals surface area contributed by atoms with Crippen molar-refractivity contribution in [1.82, 2.24) is 0 Å². The van der Waals surface area contributed by atoms with Crippen LogP contribution in [0, 0.1) is 11.8 Å². The molecule has 0 aromatic carbocycles. The molecule has 0 heterocycles. The zero-order valence-corrected chi connectivity index (χ0v) is 5.60. The maximum Gasteiger partial charge on any atom is 0.136 e. The Bertz CT molecular complexity index is 136. The molecule has 1 atom stereocenters. The summed E-state index contributed by atoms with van der Waals surface area (Å²) in [4.78, 5) is 10.9. The lowest BCUT2D eigenvalue weighted by Crippen LogP contribution is -2.35. The van der Waals surface area contributed by atoms with Crippen LogP contribution in [0.5, 0.6) is 0 Å². The second kappa shape index (κ2) is 1.83. The van der Waals surface area contributed by atoms with Crippen molar-refractivity contribution in [3.8, 4) is 0 Å². The molecule has 2 saturated carbocycles. The van der Waals surface area contributed by atoms with Crippen molar-refractivity contribution in [1.29, 1.82) is 0 Å². The maximum atomic E-state index is 10.9. The van der Waals surface area contributed by atoms with Gasteiger partial charge in [-0.1, -0.05) is 6.42 Å². The average Bonchev–Trinajstić information content (AvgIpc) is 1.74. The normalized spacial score (nSPS) is 35.6. The smallest absolute Gasteiger partial charge is 0.136 e. The molecule has 0 saturated heterocycles. The predicted octanol–water partition coefficient (Wildman–Crippen LogP) is 1.77. The number of rotatable bonds is 1. The van der Waals surface area contributed by atoms with E-state index in [2.05, 4.69) is 0 Å². The van der Waals surface area contributed by atoms with E-state index in [1.54, 1.807) is 0 Å². The molecule has 1 nitrogen and oxygen atoms in total. The number of carbonyl (C=O) groups is 1. The van der Waals surface area contributed by atoms with Gasteiger partial charge in [0, 0.05) is 12.3 Å². The molecule has 0 unspecified atom stereocenters. The molecule has 0 aromatic rings. The second-order valence-electron chi connectivity index (χ2n) is 3.30. The minimum absolute atomic E-state index is 0.513. The fourth-order valence-electron chi connectivity index (χ4n) is 1.77.